The highest BCUT2D eigenvalue weighted by Crippen LogP contribution is 2.37. The van der Waals surface area contributed by atoms with E-state index in [-0.39, 0.29) is 6.61 Å². The van der Waals surface area contributed by atoms with Gasteiger partial charge in [0.15, 0.2) is 18.0 Å². The van der Waals surface area contributed by atoms with E-state index in [1.165, 1.54) is 69.1 Å². The highest BCUT2D eigenvalue weighted by Gasteiger charge is 2.52. The number of carbonyl (C=O) groups is 1. The molecule has 0 saturated heterocycles. The van der Waals surface area contributed by atoms with Crippen LogP contribution in [-0.4, -0.2) is 63.1 Å². The molecule has 0 aliphatic carbocycles. The van der Waals surface area contributed by atoms with Gasteiger partial charge in [0.25, 0.3) is 5.91 Å². The summed E-state index contributed by atoms with van der Waals surface area (Å²) in [5.74, 6) is -0.104. The van der Waals surface area contributed by atoms with E-state index in [9.17, 15) is 15.0 Å². The molecule has 1 aromatic carbocycles. The summed E-state index contributed by atoms with van der Waals surface area (Å²) in [6, 6.07) is 12.9. The maximum absolute atomic E-state index is 16.2. The third kappa shape index (κ3) is 9.50. The first kappa shape index (κ1) is 37.5. The molecule has 0 saturated carbocycles. The van der Waals surface area contributed by atoms with Crippen molar-refractivity contribution in [2.24, 2.45) is 0 Å². The van der Waals surface area contributed by atoms with Gasteiger partial charge in [0, 0.05) is 29.6 Å². The van der Waals surface area contributed by atoms with Crippen molar-refractivity contribution in [3.63, 3.8) is 0 Å². The largest absolute Gasteiger partial charge is 0.737 e. The number of allylic oxidation sites excluding steroid dienone is 3. The van der Waals surface area contributed by atoms with Gasteiger partial charge in [-0.3, -0.25) is 4.79 Å². The number of rotatable bonds is 21. The predicted molar refractivity (Wildman–Crippen MR) is 200 cm³/mol. The minimum absolute atomic E-state index is 0.330. The van der Waals surface area contributed by atoms with Crippen molar-refractivity contribution in [2.45, 2.75) is 96.1 Å². The van der Waals surface area contributed by atoms with E-state index in [2.05, 4.69) is 12.2 Å². The first-order valence-corrected chi connectivity index (χ1v) is 19.0. The average molecular weight is 706 g/mol. The fourth-order valence-corrected chi connectivity index (χ4v) is 7.39. The van der Waals surface area contributed by atoms with Crippen molar-refractivity contribution >= 4 is 36.0 Å². The summed E-state index contributed by atoms with van der Waals surface area (Å²) in [4.78, 5) is 13.4. The number of hydrogen-bond acceptors (Lipinski definition) is 5. The number of nitrogens with one attached hydrogen (secondary N) is 1. The van der Waals surface area contributed by atoms with Crippen molar-refractivity contribution in [3.8, 4) is 17.0 Å². The number of halogens is 2. The number of carbonyl (C=O) groups excluding carboxylic acids is 1. The molecule has 50 heavy (non-hydrogen) atoms. The molecule has 2 aliphatic heterocycles. The SMILES string of the molecule is CCCCCCCCCCCCC/C=C/[C@@H](O)[C@@H](CO)NC(=O)COc1ccc(-c2ccc3n2[B-](F)(F)[N+]2=C(c4cccs4)C=CC2=C3)cc1. The van der Waals surface area contributed by atoms with Crippen LogP contribution in [0.2, 0.25) is 0 Å². The molecule has 0 fully saturated rings. The number of unbranched alkanes of at least 4 members (excludes halogenated alkanes) is 11. The van der Waals surface area contributed by atoms with Gasteiger partial charge >= 0.3 is 6.97 Å². The van der Waals surface area contributed by atoms with Crippen LogP contribution in [0.1, 0.15) is 94.5 Å². The molecule has 3 aromatic rings. The fourth-order valence-electron chi connectivity index (χ4n) is 6.64. The summed E-state index contributed by atoms with van der Waals surface area (Å²) >= 11 is 1.42. The molecule has 3 N–H and O–H groups in total. The van der Waals surface area contributed by atoms with Gasteiger partial charge in [-0.1, -0.05) is 89.4 Å². The van der Waals surface area contributed by atoms with Gasteiger partial charge in [-0.2, -0.15) is 0 Å². The van der Waals surface area contributed by atoms with Crippen molar-refractivity contribution < 1.29 is 32.9 Å². The van der Waals surface area contributed by atoms with Gasteiger partial charge in [0.05, 0.1) is 23.6 Å². The van der Waals surface area contributed by atoms with E-state index in [1.807, 2.05) is 23.6 Å². The molecule has 5 rings (SSSR count). The number of benzene rings is 1. The molecular weight excluding hydrogens is 655 g/mol. The molecule has 0 bridgehead atoms. The normalized spacial score (nSPS) is 16.0. The third-order valence-corrected chi connectivity index (χ3v) is 10.3. The Bertz CT molecular complexity index is 1660. The predicted octanol–water partition coefficient (Wildman–Crippen LogP) is 8.34. The molecule has 268 valence electrons. The third-order valence-electron chi connectivity index (χ3n) is 9.37. The minimum Gasteiger partial charge on any atom is -0.484 e. The van der Waals surface area contributed by atoms with Gasteiger partial charge in [-0.15, -0.1) is 11.3 Å². The quantitative estimate of drug-likeness (QED) is 0.0591. The number of nitrogens with zero attached hydrogens (tertiary/aromatic N) is 2. The van der Waals surface area contributed by atoms with Crippen LogP contribution in [0, 0.1) is 0 Å². The highest BCUT2D eigenvalue weighted by atomic mass is 32.1. The van der Waals surface area contributed by atoms with Crippen molar-refractivity contribution in [1.82, 2.24) is 9.79 Å². The lowest BCUT2D eigenvalue weighted by atomic mass is 9.90. The topological polar surface area (TPSA) is 86.7 Å². The average Bonchev–Trinajstić information content (AvgIpc) is 3.89. The number of aromatic nitrogens is 1. The Kier molecular flexibility index (Phi) is 13.8. The van der Waals surface area contributed by atoms with E-state index < -0.39 is 31.6 Å². The molecule has 2 aromatic heterocycles. The Balaban J connectivity index is 1.06. The van der Waals surface area contributed by atoms with Gasteiger partial charge in [-0.05, 0) is 66.2 Å². The molecular formula is C39H50BF2N3O4S. The van der Waals surface area contributed by atoms with E-state index >= 15 is 8.63 Å². The van der Waals surface area contributed by atoms with Gasteiger partial charge < -0.3 is 37.9 Å². The van der Waals surface area contributed by atoms with Crippen LogP contribution in [0.15, 0.2) is 83.9 Å². The van der Waals surface area contributed by atoms with Crippen molar-refractivity contribution in [1.29, 1.82) is 0 Å². The van der Waals surface area contributed by atoms with Crippen LogP contribution < -0.4 is 10.1 Å². The van der Waals surface area contributed by atoms with Crippen LogP contribution in [0.25, 0.3) is 17.3 Å². The lowest BCUT2D eigenvalue weighted by Gasteiger charge is -2.30. The second-order valence-corrected chi connectivity index (χ2v) is 14.1. The molecule has 11 heteroatoms. The van der Waals surface area contributed by atoms with Crippen molar-refractivity contribution in [3.05, 3.63) is 94.5 Å². The van der Waals surface area contributed by atoms with E-state index in [0.717, 1.165) is 33.1 Å². The second kappa shape index (κ2) is 18.4. The molecule has 1 amide bonds. The summed E-state index contributed by atoms with van der Waals surface area (Å²) in [6.45, 7) is -2.68. The number of amides is 1. The number of aliphatic hydroxyl groups is 2. The standard InChI is InChI=1S/C39H50BF2N3O4S/c1-2-3-4-5-6-7-8-9-10-11-12-13-14-16-37(47)34(28-46)43-39(48)29-49-33-22-18-30(19-23-33)35-24-20-31-27-32-21-25-36(38-17-15-26-50-38)45(32)40(41,42)44(31)35/h14-27,34,37,46-47H,2-13,28-29H2,1H3,(H,43,48)/b16-14+/t34-,37-/m1/s1. The lowest BCUT2D eigenvalue weighted by molar-refractivity contribution is -0.359. The maximum Gasteiger partial charge on any atom is 0.737 e. The maximum atomic E-state index is 16.2. The minimum atomic E-state index is -4.17. The van der Waals surface area contributed by atoms with Crippen LogP contribution in [0.5, 0.6) is 5.75 Å². The van der Waals surface area contributed by atoms with Crippen molar-refractivity contribution in [2.75, 3.05) is 13.2 Å². The molecule has 0 spiro atoms. The monoisotopic (exact) mass is 705 g/mol. The van der Waals surface area contributed by atoms with Gasteiger partial charge in [0.1, 0.15) is 5.75 Å². The highest BCUT2D eigenvalue weighted by molar-refractivity contribution is 7.12. The summed E-state index contributed by atoms with van der Waals surface area (Å²) in [6.07, 6.45) is 22.6. The number of aliphatic hydroxyl groups excluding tert-OH is 2. The number of hydrogen-bond donors (Lipinski definition) is 3. The van der Waals surface area contributed by atoms with Crippen LogP contribution in [-0.2, 0) is 4.79 Å². The molecule has 2 aliphatic rings. The number of ether oxygens (including phenoxy) is 1. The molecule has 0 unspecified atom stereocenters. The molecule has 2 atom stereocenters. The smallest absolute Gasteiger partial charge is 0.484 e. The first-order chi connectivity index (χ1) is 24.3. The van der Waals surface area contributed by atoms with E-state index in [4.69, 9.17) is 4.74 Å². The molecule has 7 nitrogen and oxygen atoms in total. The Morgan fingerprint density at radius 3 is 2.34 bits per heavy atom. The van der Waals surface area contributed by atoms with Crippen LogP contribution >= 0.6 is 11.3 Å². The Morgan fingerprint density at radius 2 is 1.68 bits per heavy atom. The number of thiophene rings is 1. The van der Waals surface area contributed by atoms with Crippen LogP contribution in [0.4, 0.5) is 8.63 Å². The summed E-state index contributed by atoms with van der Waals surface area (Å²) in [5, 5.41) is 24.8. The Morgan fingerprint density at radius 1 is 0.980 bits per heavy atom. The fraction of sp³-hybridized carbons (Fsp3) is 0.436. The Labute approximate surface area is 298 Å². The number of fused-ring (bicyclic) bond motifs is 2. The zero-order chi connectivity index (χ0) is 35.3. The van der Waals surface area contributed by atoms with Crippen LogP contribution in [0.3, 0.4) is 0 Å². The summed E-state index contributed by atoms with van der Waals surface area (Å²) in [5.41, 5.74) is 2.33. The zero-order valence-corrected chi connectivity index (χ0v) is 29.8. The van der Waals surface area contributed by atoms with E-state index in [1.54, 1.807) is 60.7 Å². The molecule has 4 heterocycles. The summed E-state index contributed by atoms with van der Waals surface area (Å²) < 4.78 is 40.3. The zero-order valence-electron chi connectivity index (χ0n) is 29.0. The van der Waals surface area contributed by atoms with Gasteiger partial charge in [0.2, 0.25) is 0 Å². The second-order valence-electron chi connectivity index (χ2n) is 13.1. The lowest BCUT2D eigenvalue weighted by Crippen LogP contribution is -2.50. The summed E-state index contributed by atoms with van der Waals surface area (Å²) in [7, 11) is 0. The van der Waals surface area contributed by atoms with E-state index in [0.29, 0.717) is 34.1 Å². The molecule has 0 radical (unpaired) electrons. The first-order valence-electron chi connectivity index (χ1n) is 18.1. The Hall–Kier alpha value is -3.80. The van der Waals surface area contributed by atoms with Gasteiger partial charge in [-0.25, -0.2) is 0 Å².